The summed E-state index contributed by atoms with van der Waals surface area (Å²) in [6.07, 6.45) is -2.09. The summed E-state index contributed by atoms with van der Waals surface area (Å²) in [6.45, 7) is 0.475. The van der Waals surface area contributed by atoms with Crippen LogP contribution in [0.2, 0.25) is 0 Å². The van der Waals surface area contributed by atoms with Crippen molar-refractivity contribution in [3.8, 4) is 6.07 Å². The number of nitriles is 1. The van der Waals surface area contributed by atoms with Gasteiger partial charge in [-0.3, -0.25) is 0 Å². The van der Waals surface area contributed by atoms with E-state index in [2.05, 4.69) is 5.32 Å². The van der Waals surface area contributed by atoms with E-state index in [0.29, 0.717) is 18.7 Å². The number of hydrogen-bond donors (Lipinski definition) is 1. The zero-order valence-corrected chi connectivity index (χ0v) is 7.50. The van der Waals surface area contributed by atoms with Crippen molar-refractivity contribution in [1.82, 2.24) is 0 Å². The minimum absolute atomic E-state index is 0.00745. The first kappa shape index (κ1) is 10.5. The topological polar surface area (TPSA) is 35.8 Å². The summed E-state index contributed by atoms with van der Waals surface area (Å²) in [5, 5.41) is 11.2. The Hall–Kier alpha value is -1.63. The average molecular weight is 196 g/mol. The number of anilines is 1. The molecule has 0 bridgehead atoms. The number of hydrogen-bond acceptors (Lipinski definition) is 2. The lowest BCUT2D eigenvalue weighted by molar-refractivity contribution is 0.151. The van der Waals surface area contributed by atoms with E-state index in [0.717, 1.165) is 0 Å². The number of benzene rings is 1. The first-order chi connectivity index (χ1) is 6.74. The van der Waals surface area contributed by atoms with E-state index in [4.69, 9.17) is 5.26 Å². The number of alkyl halides is 2. The molecule has 0 aliphatic carbocycles. The van der Waals surface area contributed by atoms with Crippen molar-refractivity contribution < 1.29 is 8.78 Å². The fourth-order valence-electron chi connectivity index (χ4n) is 1.05. The first-order valence-corrected chi connectivity index (χ1v) is 4.23. The maximum absolute atomic E-state index is 12.3. The molecular formula is C10H10F2N2. The number of halogens is 2. The zero-order chi connectivity index (χ0) is 10.4. The lowest BCUT2D eigenvalue weighted by atomic mass is 10.2. The van der Waals surface area contributed by atoms with E-state index >= 15 is 0 Å². The standard InChI is InChI=1S/C10H10F2N2/c11-10(12)8-3-1-4-9(7-8)14-6-2-5-13/h1,3-4,7,10,14H,2,6H2. The van der Waals surface area contributed by atoms with Crippen LogP contribution >= 0.6 is 0 Å². The van der Waals surface area contributed by atoms with Gasteiger partial charge in [0.05, 0.1) is 12.5 Å². The van der Waals surface area contributed by atoms with Gasteiger partial charge >= 0.3 is 0 Å². The van der Waals surface area contributed by atoms with Gasteiger partial charge in [-0.05, 0) is 12.1 Å². The Morgan fingerprint density at radius 1 is 1.43 bits per heavy atom. The highest BCUT2D eigenvalue weighted by atomic mass is 19.3. The van der Waals surface area contributed by atoms with E-state index in [1.807, 2.05) is 6.07 Å². The van der Waals surface area contributed by atoms with E-state index in [-0.39, 0.29) is 5.56 Å². The monoisotopic (exact) mass is 196 g/mol. The van der Waals surface area contributed by atoms with Crippen LogP contribution in [-0.2, 0) is 0 Å². The Bertz CT molecular complexity index is 331. The van der Waals surface area contributed by atoms with Gasteiger partial charge in [0.25, 0.3) is 6.43 Å². The molecule has 0 aromatic heterocycles. The van der Waals surface area contributed by atoms with Gasteiger partial charge < -0.3 is 5.32 Å². The van der Waals surface area contributed by atoms with Crippen LogP contribution in [-0.4, -0.2) is 6.54 Å². The summed E-state index contributed by atoms with van der Waals surface area (Å²) in [6, 6.07) is 7.99. The molecule has 0 aliphatic rings. The van der Waals surface area contributed by atoms with Crippen molar-refractivity contribution >= 4 is 5.69 Å². The van der Waals surface area contributed by atoms with Crippen molar-refractivity contribution in [2.45, 2.75) is 12.8 Å². The van der Waals surface area contributed by atoms with Crippen LogP contribution in [0.3, 0.4) is 0 Å². The molecule has 0 saturated heterocycles. The summed E-state index contributed by atoms with van der Waals surface area (Å²) in [5.74, 6) is 0. The predicted molar refractivity (Wildman–Crippen MR) is 50.1 cm³/mol. The van der Waals surface area contributed by atoms with Crippen molar-refractivity contribution in [2.24, 2.45) is 0 Å². The van der Waals surface area contributed by atoms with Crippen LogP contribution in [0.5, 0.6) is 0 Å². The Kier molecular flexibility index (Phi) is 3.86. The highest BCUT2D eigenvalue weighted by molar-refractivity contribution is 5.46. The van der Waals surface area contributed by atoms with Gasteiger partial charge in [0, 0.05) is 17.8 Å². The maximum Gasteiger partial charge on any atom is 0.263 e. The van der Waals surface area contributed by atoms with E-state index in [1.165, 1.54) is 12.1 Å². The fourth-order valence-corrected chi connectivity index (χ4v) is 1.05. The van der Waals surface area contributed by atoms with Crippen LogP contribution in [0, 0.1) is 11.3 Å². The second-order valence-corrected chi connectivity index (χ2v) is 2.76. The minimum atomic E-state index is -2.45. The molecule has 4 heteroatoms. The van der Waals surface area contributed by atoms with Crippen LogP contribution in [0.15, 0.2) is 24.3 Å². The van der Waals surface area contributed by atoms with Crippen molar-refractivity contribution in [3.63, 3.8) is 0 Å². The molecule has 0 spiro atoms. The molecule has 1 rings (SSSR count). The highest BCUT2D eigenvalue weighted by Gasteiger charge is 2.06. The summed E-state index contributed by atoms with van der Waals surface area (Å²) in [7, 11) is 0. The van der Waals surface area contributed by atoms with Gasteiger partial charge in [-0.15, -0.1) is 0 Å². The molecule has 0 saturated carbocycles. The van der Waals surface area contributed by atoms with Gasteiger partial charge in [0.2, 0.25) is 0 Å². The van der Waals surface area contributed by atoms with Crippen LogP contribution < -0.4 is 5.32 Å². The van der Waals surface area contributed by atoms with Gasteiger partial charge in [-0.25, -0.2) is 8.78 Å². The third-order valence-electron chi connectivity index (χ3n) is 1.70. The quantitative estimate of drug-likeness (QED) is 0.751. The lowest BCUT2D eigenvalue weighted by Gasteiger charge is -2.05. The summed E-state index contributed by atoms with van der Waals surface area (Å²) in [4.78, 5) is 0. The summed E-state index contributed by atoms with van der Waals surface area (Å²) < 4.78 is 24.5. The lowest BCUT2D eigenvalue weighted by Crippen LogP contribution is -2.00. The molecule has 74 valence electrons. The van der Waals surface area contributed by atoms with Gasteiger partial charge in [0.15, 0.2) is 0 Å². The SMILES string of the molecule is N#CCCNc1cccc(C(F)F)c1. The summed E-state index contributed by atoms with van der Waals surface area (Å²) in [5.41, 5.74) is 0.616. The van der Waals surface area contributed by atoms with E-state index in [9.17, 15) is 8.78 Å². The van der Waals surface area contributed by atoms with Gasteiger partial charge in [-0.1, -0.05) is 12.1 Å². The summed E-state index contributed by atoms with van der Waals surface area (Å²) >= 11 is 0. The molecule has 0 fully saturated rings. The van der Waals surface area contributed by atoms with Crippen molar-refractivity contribution in [1.29, 1.82) is 5.26 Å². The molecule has 0 heterocycles. The molecule has 2 nitrogen and oxygen atoms in total. The highest BCUT2D eigenvalue weighted by Crippen LogP contribution is 2.21. The molecule has 0 aliphatic heterocycles. The molecule has 1 aromatic carbocycles. The van der Waals surface area contributed by atoms with Crippen LogP contribution in [0.25, 0.3) is 0 Å². The molecule has 1 aromatic rings. The smallest absolute Gasteiger partial charge is 0.263 e. The minimum Gasteiger partial charge on any atom is -0.384 e. The number of nitrogens with one attached hydrogen (secondary N) is 1. The number of rotatable bonds is 4. The normalized spacial score (nSPS) is 9.86. The second kappa shape index (κ2) is 5.18. The molecule has 0 unspecified atom stereocenters. The van der Waals surface area contributed by atoms with Crippen molar-refractivity contribution in [3.05, 3.63) is 29.8 Å². The predicted octanol–water partition coefficient (Wildman–Crippen LogP) is 2.95. The molecule has 0 radical (unpaired) electrons. The van der Waals surface area contributed by atoms with E-state index in [1.54, 1.807) is 12.1 Å². The molecular weight excluding hydrogens is 186 g/mol. The second-order valence-electron chi connectivity index (χ2n) is 2.76. The third kappa shape index (κ3) is 3.02. The van der Waals surface area contributed by atoms with Gasteiger partial charge in [0.1, 0.15) is 0 Å². The van der Waals surface area contributed by atoms with Gasteiger partial charge in [-0.2, -0.15) is 5.26 Å². The third-order valence-corrected chi connectivity index (χ3v) is 1.70. The Morgan fingerprint density at radius 3 is 2.86 bits per heavy atom. The molecule has 14 heavy (non-hydrogen) atoms. The molecule has 1 N–H and O–H groups in total. The largest absolute Gasteiger partial charge is 0.384 e. The Labute approximate surface area is 81.2 Å². The average Bonchev–Trinajstić information content (AvgIpc) is 2.19. The number of nitrogens with zero attached hydrogens (tertiary/aromatic N) is 1. The zero-order valence-electron chi connectivity index (χ0n) is 7.50. The molecule has 0 atom stereocenters. The maximum atomic E-state index is 12.3. The Balaban J connectivity index is 2.60. The van der Waals surface area contributed by atoms with Crippen LogP contribution in [0.1, 0.15) is 18.4 Å². The van der Waals surface area contributed by atoms with Crippen LogP contribution in [0.4, 0.5) is 14.5 Å². The first-order valence-electron chi connectivity index (χ1n) is 4.23. The van der Waals surface area contributed by atoms with E-state index < -0.39 is 6.43 Å². The molecule has 0 amide bonds. The fraction of sp³-hybridized carbons (Fsp3) is 0.300. The van der Waals surface area contributed by atoms with Crippen molar-refractivity contribution in [2.75, 3.05) is 11.9 Å². The Morgan fingerprint density at radius 2 is 2.21 bits per heavy atom.